The van der Waals surface area contributed by atoms with Crippen LogP contribution >= 0.6 is 11.3 Å². The fourth-order valence-electron chi connectivity index (χ4n) is 4.04. The molecular formula is C27H21N3O4S. The highest BCUT2D eigenvalue weighted by atomic mass is 32.1. The van der Waals surface area contributed by atoms with Crippen molar-refractivity contribution in [2.45, 2.75) is 13.0 Å². The molecule has 1 aromatic heterocycles. The first kappa shape index (κ1) is 22.5. The number of esters is 1. The Bertz CT molecular complexity index is 1410. The molecule has 35 heavy (non-hydrogen) atoms. The monoisotopic (exact) mass is 483 g/mol. The molecule has 5 rings (SSSR count). The molecule has 0 saturated carbocycles. The molecule has 0 fully saturated rings. The lowest BCUT2D eigenvalue weighted by Crippen LogP contribution is -2.38. The van der Waals surface area contributed by atoms with Crippen molar-refractivity contribution in [2.75, 3.05) is 6.61 Å². The van der Waals surface area contributed by atoms with Crippen LogP contribution in [-0.2, 0) is 9.53 Å². The third-order valence-electron chi connectivity index (χ3n) is 5.61. The van der Waals surface area contributed by atoms with Gasteiger partial charge < -0.3 is 14.7 Å². The first-order chi connectivity index (χ1) is 17.1. The zero-order valence-corrected chi connectivity index (χ0v) is 19.6. The lowest BCUT2D eigenvalue weighted by Gasteiger charge is -2.36. The van der Waals surface area contributed by atoms with Gasteiger partial charge in [-0.25, -0.2) is 14.8 Å². The van der Waals surface area contributed by atoms with Crippen LogP contribution in [0.1, 0.15) is 33.8 Å². The summed E-state index contributed by atoms with van der Waals surface area (Å²) in [5.74, 6) is -0.627. The summed E-state index contributed by atoms with van der Waals surface area (Å²) in [5.41, 5.74) is 2.04. The molecule has 0 saturated heterocycles. The van der Waals surface area contributed by atoms with E-state index in [2.05, 4.69) is 4.99 Å². The number of rotatable bonds is 6. The van der Waals surface area contributed by atoms with E-state index >= 15 is 0 Å². The van der Waals surface area contributed by atoms with Gasteiger partial charge in [0, 0.05) is 22.9 Å². The number of Topliss-reactive ketones (excluding diaryl/α,β-unsaturated/α-hetero) is 1. The maximum atomic E-state index is 13.3. The third kappa shape index (κ3) is 4.20. The Balaban J connectivity index is 1.67. The number of aliphatic imine (C=N–C) groups is 2. The molecule has 2 aliphatic rings. The molecule has 174 valence electrons. The van der Waals surface area contributed by atoms with E-state index < -0.39 is 12.0 Å². The second-order valence-corrected chi connectivity index (χ2v) is 8.75. The molecule has 0 bridgehead atoms. The minimum absolute atomic E-state index is 0.113. The standard InChI is InChI=1S/C27H21N3O4S/c1-2-34-26(33)22-23(17-9-4-3-5-10-17)29-27-28-15-18(25(32)19-11-6-7-12-20(19)31)16-30(27)24(22)21-13-8-14-35-21/h3-16,24,31H,2H2,1H3. The van der Waals surface area contributed by atoms with Gasteiger partial charge in [0.1, 0.15) is 11.8 Å². The molecule has 2 aliphatic heterocycles. The minimum Gasteiger partial charge on any atom is -0.507 e. The van der Waals surface area contributed by atoms with Crippen molar-refractivity contribution in [3.05, 3.63) is 105 Å². The Labute approximate surface area is 206 Å². The van der Waals surface area contributed by atoms with E-state index in [-0.39, 0.29) is 29.3 Å². The summed E-state index contributed by atoms with van der Waals surface area (Å²) in [6.07, 6.45) is 3.07. The van der Waals surface area contributed by atoms with E-state index in [4.69, 9.17) is 9.73 Å². The number of para-hydroxylation sites is 1. The van der Waals surface area contributed by atoms with Gasteiger partial charge in [-0.2, -0.15) is 0 Å². The SMILES string of the molecule is CCOC(=O)C1=C(c2ccccc2)N=C2N=CC(C(=O)c3ccccc3O)=CN2C1c1cccs1. The first-order valence-electron chi connectivity index (χ1n) is 11.0. The van der Waals surface area contributed by atoms with Crippen molar-refractivity contribution in [1.29, 1.82) is 0 Å². The van der Waals surface area contributed by atoms with Crippen molar-refractivity contribution in [3.8, 4) is 5.75 Å². The van der Waals surface area contributed by atoms with Gasteiger partial charge in [0.2, 0.25) is 5.96 Å². The smallest absolute Gasteiger partial charge is 0.338 e. The van der Waals surface area contributed by atoms with Crippen LogP contribution in [0.2, 0.25) is 0 Å². The number of phenolic OH excluding ortho intramolecular Hbond substituents is 1. The van der Waals surface area contributed by atoms with Crippen molar-refractivity contribution in [2.24, 2.45) is 9.98 Å². The van der Waals surface area contributed by atoms with Crippen LogP contribution in [0.25, 0.3) is 5.70 Å². The zero-order chi connectivity index (χ0) is 24.4. The lowest BCUT2D eigenvalue weighted by atomic mass is 9.95. The van der Waals surface area contributed by atoms with Gasteiger partial charge in [-0.15, -0.1) is 11.3 Å². The molecule has 1 atom stereocenters. The predicted molar refractivity (Wildman–Crippen MR) is 135 cm³/mol. The molecule has 7 nitrogen and oxygen atoms in total. The van der Waals surface area contributed by atoms with Gasteiger partial charge in [-0.1, -0.05) is 48.5 Å². The van der Waals surface area contributed by atoms with Crippen molar-refractivity contribution in [1.82, 2.24) is 4.90 Å². The van der Waals surface area contributed by atoms with Crippen LogP contribution in [0.5, 0.6) is 5.75 Å². The Morgan fingerprint density at radius 1 is 1.06 bits per heavy atom. The van der Waals surface area contributed by atoms with Gasteiger partial charge in [-0.3, -0.25) is 4.79 Å². The van der Waals surface area contributed by atoms with Gasteiger partial charge in [0.05, 0.1) is 29.0 Å². The number of benzene rings is 2. The van der Waals surface area contributed by atoms with Crippen LogP contribution in [0.15, 0.2) is 99.4 Å². The Morgan fingerprint density at radius 3 is 2.54 bits per heavy atom. The van der Waals surface area contributed by atoms with E-state index in [0.29, 0.717) is 17.2 Å². The number of phenols is 1. The number of carbonyl (C=O) groups excluding carboxylic acids is 2. The second kappa shape index (κ2) is 9.52. The van der Waals surface area contributed by atoms with Crippen molar-refractivity contribution in [3.63, 3.8) is 0 Å². The van der Waals surface area contributed by atoms with Crippen LogP contribution < -0.4 is 0 Å². The fraction of sp³-hybridized carbons (Fsp3) is 0.111. The molecule has 1 N–H and O–H groups in total. The number of ether oxygens (including phenoxy) is 1. The van der Waals surface area contributed by atoms with Crippen LogP contribution in [0.4, 0.5) is 0 Å². The highest BCUT2D eigenvalue weighted by molar-refractivity contribution is 7.10. The van der Waals surface area contributed by atoms with E-state index in [9.17, 15) is 14.7 Å². The summed E-state index contributed by atoms with van der Waals surface area (Å²) in [5, 5.41) is 12.1. The second-order valence-electron chi connectivity index (χ2n) is 7.77. The van der Waals surface area contributed by atoms with Gasteiger partial charge in [-0.05, 0) is 30.5 Å². The fourth-order valence-corrected chi connectivity index (χ4v) is 4.87. The summed E-state index contributed by atoms with van der Waals surface area (Å²) in [4.78, 5) is 38.3. The van der Waals surface area contributed by atoms with E-state index in [1.807, 2.05) is 47.8 Å². The number of ketones is 1. The summed E-state index contributed by atoms with van der Waals surface area (Å²) >= 11 is 1.49. The number of hydrogen-bond acceptors (Lipinski definition) is 8. The topological polar surface area (TPSA) is 91.6 Å². The summed E-state index contributed by atoms with van der Waals surface area (Å²) < 4.78 is 5.45. The number of fused-ring (bicyclic) bond motifs is 1. The third-order valence-corrected chi connectivity index (χ3v) is 6.54. The quantitative estimate of drug-likeness (QED) is 0.394. The number of aromatic hydroxyl groups is 1. The number of hydrogen-bond donors (Lipinski definition) is 1. The van der Waals surface area contributed by atoms with Crippen LogP contribution in [0.3, 0.4) is 0 Å². The van der Waals surface area contributed by atoms with E-state index in [1.165, 1.54) is 23.6 Å². The first-order valence-corrected chi connectivity index (χ1v) is 11.9. The Morgan fingerprint density at radius 2 is 1.83 bits per heavy atom. The zero-order valence-electron chi connectivity index (χ0n) is 18.8. The number of carbonyl (C=O) groups is 2. The van der Waals surface area contributed by atoms with Crippen LogP contribution in [0, 0.1) is 0 Å². The minimum atomic E-state index is -0.596. The highest BCUT2D eigenvalue weighted by Gasteiger charge is 2.39. The molecule has 3 aromatic rings. The van der Waals surface area contributed by atoms with Crippen molar-refractivity contribution >= 4 is 41.0 Å². The number of thiophene rings is 1. The molecule has 3 heterocycles. The molecule has 0 spiro atoms. The number of guanidine groups is 1. The molecule has 0 radical (unpaired) electrons. The van der Waals surface area contributed by atoms with E-state index in [1.54, 1.807) is 36.2 Å². The summed E-state index contributed by atoms with van der Waals surface area (Å²) in [6, 6.07) is 19.0. The van der Waals surface area contributed by atoms with Gasteiger partial charge in [0.25, 0.3) is 0 Å². The molecule has 1 unspecified atom stereocenters. The lowest BCUT2D eigenvalue weighted by molar-refractivity contribution is -0.139. The normalized spacial score (nSPS) is 16.9. The summed E-state index contributed by atoms with van der Waals surface area (Å²) in [6.45, 7) is 1.97. The summed E-state index contributed by atoms with van der Waals surface area (Å²) in [7, 11) is 0. The molecule has 8 heteroatoms. The number of allylic oxidation sites excluding steroid dienone is 1. The number of nitrogens with zero attached hydrogens (tertiary/aromatic N) is 3. The maximum absolute atomic E-state index is 13.3. The molecular weight excluding hydrogens is 462 g/mol. The molecule has 0 aliphatic carbocycles. The van der Waals surface area contributed by atoms with Crippen LogP contribution in [-0.4, -0.2) is 40.5 Å². The largest absolute Gasteiger partial charge is 0.507 e. The highest BCUT2D eigenvalue weighted by Crippen LogP contribution is 2.42. The Kier molecular flexibility index (Phi) is 6.12. The predicted octanol–water partition coefficient (Wildman–Crippen LogP) is 4.99. The van der Waals surface area contributed by atoms with Crippen molar-refractivity contribution < 1.29 is 19.4 Å². The molecule has 0 amide bonds. The average Bonchev–Trinajstić information content (AvgIpc) is 3.42. The maximum Gasteiger partial charge on any atom is 0.338 e. The van der Waals surface area contributed by atoms with Gasteiger partial charge in [0.15, 0.2) is 5.78 Å². The molecule has 2 aromatic carbocycles. The Hall–Kier alpha value is -4.30. The van der Waals surface area contributed by atoms with Gasteiger partial charge >= 0.3 is 5.97 Å². The van der Waals surface area contributed by atoms with E-state index in [0.717, 1.165) is 10.4 Å². The average molecular weight is 484 g/mol.